The van der Waals surface area contributed by atoms with E-state index in [2.05, 4.69) is 4.98 Å². The summed E-state index contributed by atoms with van der Waals surface area (Å²) in [5, 5.41) is -0.286. The largest absolute Gasteiger partial charge is 0.475 e. The van der Waals surface area contributed by atoms with E-state index in [1.807, 2.05) is 0 Å². The Kier molecular flexibility index (Phi) is 7.48. The fourth-order valence-electron chi connectivity index (χ4n) is 2.93. The van der Waals surface area contributed by atoms with Crippen LogP contribution >= 0.6 is 11.6 Å². The lowest BCUT2D eigenvalue weighted by molar-refractivity contribution is -0.143. The number of pyridine rings is 1. The summed E-state index contributed by atoms with van der Waals surface area (Å²) in [7, 11) is 0. The third-order valence-electron chi connectivity index (χ3n) is 4.54. The van der Waals surface area contributed by atoms with Gasteiger partial charge >= 0.3 is 11.9 Å². The second kappa shape index (κ2) is 10.2. The minimum absolute atomic E-state index is 0.00834. The first kappa shape index (κ1) is 25.7. The number of ether oxygens (including phenoxy) is 2. The van der Waals surface area contributed by atoms with Crippen molar-refractivity contribution in [2.45, 2.75) is 25.9 Å². The van der Waals surface area contributed by atoms with Crippen LogP contribution in [0.4, 0.5) is 17.6 Å². The second-order valence-corrected chi connectivity index (χ2v) is 7.56. The van der Waals surface area contributed by atoms with E-state index in [1.165, 1.54) is 25.3 Å². The Morgan fingerprint density at radius 3 is 2.57 bits per heavy atom. The van der Waals surface area contributed by atoms with Crippen LogP contribution in [0.2, 0.25) is 5.02 Å². The number of hydrogen-bond donors (Lipinski definition) is 1. The molecule has 14 heteroatoms. The number of nitrogen functional groups attached to an aromatic ring is 1. The van der Waals surface area contributed by atoms with Crippen molar-refractivity contribution in [2.24, 2.45) is 0 Å². The maximum absolute atomic E-state index is 14.7. The number of nitrogens with two attached hydrogens (primary N) is 1. The molecule has 0 atom stereocenters. The van der Waals surface area contributed by atoms with Crippen LogP contribution in [0, 0.1) is 5.82 Å². The molecule has 2 N–H and O–H groups in total. The second-order valence-electron chi connectivity index (χ2n) is 7.15. The highest BCUT2D eigenvalue weighted by Gasteiger charge is 2.36. The monoisotopic (exact) mass is 516 g/mol. The van der Waals surface area contributed by atoms with E-state index in [-0.39, 0.29) is 56.5 Å². The predicted molar refractivity (Wildman–Crippen MR) is 116 cm³/mol. The van der Waals surface area contributed by atoms with Crippen molar-refractivity contribution in [3.63, 3.8) is 0 Å². The Balaban J connectivity index is 2.01. The number of halogens is 5. The van der Waals surface area contributed by atoms with Crippen LogP contribution in [-0.4, -0.2) is 26.6 Å². The number of carbonyl (C=O) groups is 1. The summed E-state index contributed by atoms with van der Waals surface area (Å²) < 4.78 is 64.7. The Labute approximate surface area is 199 Å². The average Bonchev–Trinajstić information content (AvgIpc) is 2.76. The molecule has 0 aliphatic carbocycles. The number of ketones is 1. The summed E-state index contributed by atoms with van der Waals surface area (Å²) in [5.41, 5.74) is -5.59. The fraction of sp³-hybridized carbons (Fsp3) is 0.238. The maximum atomic E-state index is 14.7. The SMILES string of the molecule is CC(=O)CCCOc1ncccc1Oc1cc(-n2c(=O)cc(C(F)(F)F)n(N)c2=O)c(F)cc1Cl. The Bertz CT molecular complexity index is 1390. The van der Waals surface area contributed by atoms with Crippen LogP contribution in [0.1, 0.15) is 25.5 Å². The summed E-state index contributed by atoms with van der Waals surface area (Å²) in [6, 6.07) is 4.54. The molecular formula is C21H17ClF4N4O5. The lowest BCUT2D eigenvalue weighted by Gasteiger charge is -2.16. The summed E-state index contributed by atoms with van der Waals surface area (Å²) in [4.78, 5) is 39.8. The van der Waals surface area contributed by atoms with Crippen LogP contribution in [0.3, 0.4) is 0 Å². The van der Waals surface area contributed by atoms with Gasteiger partial charge in [0.2, 0.25) is 0 Å². The highest BCUT2D eigenvalue weighted by atomic mass is 35.5. The molecule has 0 radical (unpaired) electrons. The van der Waals surface area contributed by atoms with Crippen molar-refractivity contribution in [1.82, 2.24) is 14.2 Å². The normalized spacial score (nSPS) is 11.4. The van der Waals surface area contributed by atoms with Gasteiger partial charge in [-0.1, -0.05) is 11.6 Å². The molecular weight excluding hydrogens is 500 g/mol. The van der Waals surface area contributed by atoms with E-state index in [9.17, 15) is 31.9 Å². The highest BCUT2D eigenvalue weighted by Crippen LogP contribution is 2.36. The lowest BCUT2D eigenvalue weighted by Crippen LogP contribution is -2.45. The van der Waals surface area contributed by atoms with Crippen molar-refractivity contribution in [3.05, 3.63) is 73.9 Å². The number of nitrogens with zero attached hydrogens (tertiary/aromatic N) is 3. The molecule has 0 saturated heterocycles. The van der Waals surface area contributed by atoms with Gasteiger partial charge in [0.05, 0.1) is 17.3 Å². The molecule has 0 fully saturated rings. The molecule has 0 saturated carbocycles. The number of rotatable bonds is 8. The van der Waals surface area contributed by atoms with Crippen LogP contribution in [0.5, 0.6) is 17.4 Å². The molecule has 35 heavy (non-hydrogen) atoms. The molecule has 3 aromatic rings. The van der Waals surface area contributed by atoms with Gasteiger partial charge in [-0.2, -0.15) is 13.2 Å². The molecule has 2 aromatic heterocycles. The molecule has 0 unspecified atom stereocenters. The van der Waals surface area contributed by atoms with Crippen molar-refractivity contribution in [2.75, 3.05) is 12.4 Å². The standard InChI is InChI=1S/C21H17ClF4N4O5/c1-11(31)4-3-7-34-19-15(5-2-6-28-19)35-16-9-14(13(23)8-12(16)22)29-18(32)10-17(21(24,25)26)30(27)20(29)33/h2,5-6,8-10H,3-4,7,27H2,1H3. The zero-order valence-corrected chi connectivity index (χ0v) is 18.7. The lowest BCUT2D eigenvalue weighted by atomic mass is 10.2. The number of hydrogen-bond acceptors (Lipinski definition) is 7. The number of benzene rings is 1. The number of carbonyl (C=O) groups excluding carboxylic acids is 1. The molecule has 0 spiro atoms. The molecule has 0 amide bonds. The quantitative estimate of drug-likeness (QED) is 0.277. The van der Waals surface area contributed by atoms with E-state index in [0.717, 1.165) is 6.07 Å². The summed E-state index contributed by atoms with van der Waals surface area (Å²) in [5.74, 6) is 3.75. The molecule has 2 heterocycles. The van der Waals surface area contributed by atoms with Gasteiger partial charge in [0.1, 0.15) is 17.3 Å². The van der Waals surface area contributed by atoms with Gasteiger partial charge in [-0.15, -0.1) is 0 Å². The number of Topliss-reactive ketones (excluding diaryl/α,β-unsaturated/α-hetero) is 1. The van der Waals surface area contributed by atoms with E-state index >= 15 is 0 Å². The summed E-state index contributed by atoms with van der Waals surface area (Å²) in [6.45, 7) is 1.57. The van der Waals surface area contributed by atoms with Gasteiger partial charge in [-0.25, -0.2) is 23.4 Å². The van der Waals surface area contributed by atoms with Crippen molar-refractivity contribution >= 4 is 17.4 Å². The topological polar surface area (TPSA) is 118 Å². The van der Waals surface area contributed by atoms with Crippen molar-refractivity contribution < 1.29 is 31.8 Å². The predicted octanol–water partition coefficient (Wildman–Crippen LogP) is 3.46. The Morgan fingerprint density at radius 2 is 1.91 bits per heavy atom. The minimum Gasteiger partial charge on any atom is -0.475 e. The first-order valence-corrected chi connectivity index (χ1v) is 10.2. The van der Waals surface area contributed by atoms with Gasteiger partial charge in [-0.3, -0.25) is 4.79 Å². The van der Waals surface area contributed by atoms with Crippen LogP contribution in [0.15, 0.2) is 46.1 Å². The van der Waals surface area contributed by atoms with Crippen LogP contribution < -0.4 is 26.6 Å². The molecule has 9 nitrogen and oxygen atoms in total. The van der Waals surface area contributed by atoms with Gasteiger partial charge in [0.25, 0.3) is 11.4 Å². The molecule has 0 aliphatic rings. The third-order valence-corrected chi connectivity index (χ3v) is 4.83. The van der Waals surface area contributed by atoms with E-state index in [4.69, 9.17) is 26.9 Å². The Hall–Kier alpha value is -3.87. The molecule has 3 rings (SSSR count). The molecule has 1 aromatic carbocycles. The first-order chi connectivity index (χ1) is 16.4. The van der Waals surface area contributed by atoms with E-state index in [0.29, 0.717) is 12.5 Å². The summed E-state index contributed by atoms with van der Waals surface area (Å²) in [6.07, 6.45) is -3.00. The zero-order valence-electron chi connectivity index (χ0n) is 17.9. The minimum atomic E-state index is -5.10. The number of alkyl halides is 3. The molecule has 0 aliphatic heterocycles. The van der Waals surface area contributed by atoms with Crippen molar-refractivity contribution in [1.29, 1.82) is 0 Å². The summed E-state index contributed by atoms with van der Waals surface area (Å²) >= 11 is 6.04. The van der Waals surface area contributed by atoms with Gasteiger partial charge < -0.3 is 20.1 Å². The van der Waals surface area contributed by atoms with E-state index < -0.39 is 34.6 Å². The van der Waals surface area contributed by atoms with Gasteiger partial charge in [-0.05, 0) is 31.5 Å². The zero-order chi connectivity index (χ0) is 25.9. The number of aromatic nitrogens is 3. The smallest absolute Gasteiger partial charge is 0.433 e. The van der Waals surface area contributed by atoms with Crippen LogP contribution in [-0.2, 0) is 11.0 Å². The highest BCUT2D eigenvalue weighted by molar-refractivity contribution is 6.32. The maximum Gasteiger partial charge on any atom is 0.433 e. The average molecular weight is 517 g/mol. The Morgan fingerprint density at radius 1 is 1.20 bits per heavy atom. The fourth-order valence-corrected chi connectivity index (χ4v) is 3.12. The van der Waals surface area contributed by atoms with Crippen LogP contribution in [0.25, 0.3) is 5.69 Å². The van der Waals surface area contributed by atoms with E-state index in [1.54, 1.807) is 0 Å². The van der Waals surface area contributed by atoms with Gasteiger partial charge in [0.15, 0.2) is 11.4 Å². The van der Waals surface area contributed by atoms with Gasteiger partial charge in [0, 0.05) is 24.8 Å². The molecule has 0 bridgehead atoms. The first-order valence-electron chi connectivity index (χ1n) is 9.86. The van der Waals surface area contributed by atoms with Crippen molar-refractivity contribution in [3.8, 4) is 23.1 Å². The molecule has 186 valence electrons. The third kappa shape index (κ3) is 5.80.